The van der Waals surface area contributed by atoms with Gasteiger partial charge in [0.2, 0.25) is 0 Å². The number of rotatable bonds is 2. The summed E-state index contributed by atoms with van der Waals surface area (Å²) in [5.74, 6) is 0.653. The Morgan fingerprint density at radius 3 is 3.00 bits per heavy atom. The Morgan fingerprint density at radius 2 is 2.45 bits per heavy atom. The van der Waals surface area contributed by atoms with Crippen molar-refractivity contribution in [2.75, 3.05) is 7.05 Å². The van der Waals surface area contributed by atoms with Gasteiger partial charge in [0.15, 0.2) is 0 Å². The lowest BCUT2D eigenvalue weighted by Crippen LogP contribution is -2.11. The largest absolute Gasteiger partial charge is 0.388 e. The molecular formula is C10H15N. The molecule has 0 aliphatic heterocycles. The van der Waals surface area contributed by atoms with Crippen LogP contribution >= 0.6 is 0 Å². The van der Waals surface area contributed by atoms with Gasteiger partial charge in [0.1, 0.15) is 0 Å². The predicted octanol–water partition coefficient (Wildman–Crippen LogP) is 2.24. The van der Waals surface area contributed by atoms with E-state index in [1.165, 1.54) is 11.3 Å². The second kappa shape index (κ2) is 3.42. The number of nitrogens with one attached hydrogen (secondary N) is 1. The average Bonchev–Trinajstić information content (AvgIpc) is 2.04. The van der Waals surface area contributed by atoms with Gasteiger partial charge in [-0.3, -0.25) is 0 Å². The third-order valence-corrected chi connectivity index (χ3v) is 1.96. The second-order valence-corrected chi connectivity index (χ2v) is 2.91. The van der Waals surface area contributed by atoms with E-state index < -0.39 is 0 Å². The maximum atomic E-state index is 3.77. The average molecular weight is 149 g/mol. The van der Waals surface area contributed by atoms with Crippen LogP contribution in [0.25, 0.3) is 0 Å². The summed E-state index contributed by atoms with van der Waals surface area (Å²) in [7, 11) is 1.94. The molecular weight excluding hydrogens is 134 g/mol. The maximum Gasteiger partial charge on any atom is 0.0367 e. The highest BCUT2D eigenvalue weighted by atomic mass is 14.8. The molecule has 1 unspecified atom stereocenters. The number of likely N-dealkylation sites (N-methyl/N-ethyl adjacent to an activating group) is 1. The van der Waals surface area contributed by atoms with Gasteiger partial charge in [0, 0.05) is 12.7 Å². The van der Waals surface area contributed by atoms with Crippen molar-refractivity contribution in [3.63, 3.8) is 0 Å². The predicted molar refractivity (Wildman–Crippen MR) is 49.2 cm³/mol. The number of hydrogen-bond donors (Lipinski definition) is 1. The van der Waals surface area contributed by atoms with Crippen molar-refractivity contribution in [2.45, 2.75) is 13.3 Å². The van der Waals surface area contributed by atoms with Crippen LogP contribution < -0.4 is 5.32 Å². The minimum Gasteiger partial charge on any atom is -0.388 e. The summed E-state index contributed by atoms with van der Waals surface area (Å²) < 4.78 is 0. The van der Waals surface area contributed by atoms with E-state index in [0.717, 1.165) is 6.42 Å². The van der Waals surface area contributed by atoms with Crippen molar-refractivity contribution in [3.05, 3.63) is 36.1 Å². The number of allylic oxidation sites excluding steroid dienone is 3. The van der Waals surface area contributed by atoms with Crippen LogP contribution in [0.1, 0.15) is 13.3 Å². The Morgan fingerprint density at radius 1 is 1.73 bits per heavy atom. The first-order chi connectivity index (χ1) is 5.27. The molecule has 0 aromatic carbocycles. The van der Waals surface area contributed by atoms with Gasteiger partial charge in [-0.1, -0.05) is 31.7 Å². The molecule has 0 amide bonds. The van der Waals surface area contributed by atoms with E-state index in [9.17, 15) is 0 Å². The summed E-state index contributed by atoms with van der Waals surface area (Å²) in [6.45, 7) is 5.98. The van der Waals surface area contributed by atoms with Gasteiger partial charge in [-0.15, -0.1) is 0 Å². The lowest BCUT2D eigenvalue weighted by atomic mass is 9.95. The van der Waals surface area contributed by atoms with Gasteiger partial charge in [-0.25, -0.2) is 0 Å². The fraction of sp³-hybridized carbons (Fsp3) is 0.400. The normalized spacial score (nSPS) is 23.6. The summed E-state index contributed by atoms with van der Waals surface area (Å²) in [5.41, 5.74) is 2.43. The molecule has 1 aliphatic carbocycles. The molecule has 0 aromatic heterocycles. The lowest BCUT2D eigenvalue weighted by molar-refractivity contribution is 0.715. The SMILES string of the molecule is C=CC1=CC(C)CC=C1NC. The first kappa shape index (κ1) is 8.12. The molecule has 0 aromatic rings. The Balaban J connectivity index is 2.82. The summed E-state index contributed by atoms with van der Waals surface area (Å²) in [6.07, 6.45) is 7.51. The van der Waals surface area contributed by atoms with Gasteiger partial charge >= 0.3 is 0 Å². The molecule has 0 bridgehead atoms. The molecule has 11 heavy (non-hydrogen) atoms. The molecule has 0 heterocycles. The molecule has 1 nitrogen and oxygen atoms in total. The fourth-order valence-electron chi connectivity index (χ4n) is 1.31. The third-order valence-electron chi connectivity index (χ3n) is 1.96. The molecule has 1 N–H and O–H groups in total. The lowest BCUT2D eigenvalue weighted by Gasteiger charge is -2.16. The summed E-state index contributed by atoms with van der Waals surface area (Å²) in [5, 5.41) is 3.15. The van der Waals surface area contributed by atoms with Crippen LogP contribution in [0.15, 0.2) is 36.1 Å². The van der Waals surface area contributed by atoms with Crippen LogP contribution in [0.3, 0.4) is 0 Å². The minimum absolute atomic E-state index is 0.653. The van der Waals surface area contributed by atoms with Gasteiger partial charge in [-0.05, 0) is 17.9 Å². The highest BCUT2D eigenvalue weighted by Crippen LogP contribution is 2.20. The maximum absolute atomic E-state index is 3.77. The number of hydrogen-bond acceptors (Lipinski definition) is 1. The van der Waals surface area contributed by atoms with E-state index in [1.54, 1.807) is 0 Å². The quantitative estimate of drug-likeness (QED) is 0.635. The zero-order valence-electron chi connectivity index (χ0n) is 7.22. The molecule has 1 heteroatoms. The van der Waals surface area contributed by atoms with Crippen molar-refractivity contribution in [2.24, 2.45) is 5.92 Å². The molecule has 0 spiro atoms. The molecule has 0 fully saturated rings. The summed E-state index contributed by atoms with van der Waals surface area (Å²) in [6, 6.07) is 0. The first-order valence-corrected chi connectivity index (χ1v) is 4.00. The Kier molecular flexibility index (Phi) is 2.53. The summed E-state index contributed by atoms with van der Waals surface area (Å²) >= 11 is 0. The van der Waals surface area contributed by atoms with E-state index in [4.69, 9.17) is 0 Å². The van der Waals surface area contributed by atoms with E-state index in [2.05, 4.69) is 31.0 Å². The monoisotopic (exact) mass is 149 g/mol. The van der Waals surface area contributed by atoms with Gasteiger partial charge in [-0.2, -0.15) is 0 Å². The van der Waals surface area contributed by atoms with Crippen molar-refractivity contribution >= 4 is 0 Å². The molecule has 0 saturated heterocycles. The second-order valence-electron chi connectivity index (χ2n) is 2.91. The van der Waals surface area contributed by atoms with E-state index >= 15 is 0 Å². The van der Waals surface area contributed by atoms with Crippen LogP contribution in [0.2, 0.25) is 0 Å². The first-order valence-electron chi connectivity index (χ1n) is 4.00. The molecule has 1 rings (SSSR count). The highest BCUT2D eigenvalue weighted by Gasteiger charge is 2.07. The molecule has 1 aliphatic rings. The van der Waals surface area contributed by atoms with Crippen LogP contribution in [0.4, 0.5) is 0 Å². The van der Waals surface area contributed by atoms with Gasteiger partial charge in [0.05, 0.1) is 0 Å². The Labute approximate surface area is 68.5 Å². The molecule has 60 valence electrons. The van der Waals surface area contributed by atoms with Crippen molar-refractivity contribution in [1.29, 1.82) is 0 Å². The third kappa shape index (κ3) is 1.73. The minimum atomic E-state index is 0.653. The standard InChI is InChI=1S/C10H15N/c1-4-9-7-8(2)5-6-10(9)11-3/h4,6-8,11H,1,5H2,2-3H3. The molecule has 1 atom stereocenters. The van der Waals surface area contributed by atoms with Gasteiger partial charge < -0.3 is 5.32 Å². The smallest absolute Gasteiger partial charge is 0.0367 e. The summed E-state index contributed by atoms with van der Waals surface area (Å²) in [4.78, 5) is 0. The van der Waals surface area contributed by atoms with Crippen molar-refractivity contribution in [3.8, 4) is 0 Å². The van der Waals surface area contributed by atoms with Crippen molar-refractivity contribution in [1.82, 2.24) is 5.32 Å². The van der Waals surface area contributed by atoms with Crippen molar-refractivity contribution < 1.29 is 0 Å². The van der Waals surface area contributed by atoms with Crippen LogP contribution in [-0.2, 0) is 0 Å². The van der Waals surface area contributed by atoms with Crippen LogP contribution in [0.5, 0.6) is 0 Å². The zero-order valence-corrected chi connectivity index (χ0v) is 7.22. The van der Waals surface area contributed by atoms with E-state index in [-0.39, 0.29) is 0 Å². The van der Waals surface area contributed by atoms with Crippen LogP contribution in [-0.4, -0.2) is 7.05 Å². The highest BCUT2D eigenvalue weighted by molar-refractivity contribution is 5.40. The molecule has 0 saturated carbocycles. The molecule has 0 radical (unpaired) electrons. The van der Waals surface area contributed by atoms with Crippen LogP contribution in [0, 0.1) is 5.92 Å². The topological polar surface area (TPSA) is 12.0 Å². The van der Waals surface area contributed by atoms with E-state index in [1.807, 2.05) is 13.1 Å². The zero-order chi connectivity index (χ0) is 8.27. The Bertz CT molecular complexity index is 211. The van der Waals surface area contributed by atoms with Gasteiger partial charge in [0.25, 0.3) is 0 Å². The fourth-order valence-corrected chi connectivity index (χ4v) is 1.31. The Hall–Kier alpha value is -0.980. The van der Waals surface area contributed by atoms with E-state index in [0.29, 0.717) is 5.92 Å².